The van der Waals surface area contributed by atoms with Crippen molar-refractivity contribution in [3.63, 3.8) is 0 Å². The summed E-state index contributed by atoms with van der Waals surface area (Å²) in [6, 6.07) is 3.77. The summed E-state index contributed by atoms with van der Waals surface area (Å²) in [6.07, 6.45) is -3.42. The highest BCUT2D eigenvalue weighted by molar-refractivity contribution is 7.88. The number of hydrogen-bond donors (Lipinski definition) is 1. The van der Waals surface area contributed by atoms with Crippen molar-refractivity contribution in [1.82, 2.24) is 9.62 Å². The van der Waals surface area contributed by atoms with E-state index in [-0.39, 0.29) is 31.8 Å². The molecule has 1 amide bonds. The van der Waals surface area contributed by atoms with E-state index in [1.54, 1.807) is 0 Å². The lowest BCUT2D eigenvalue weighted by molar-refractivity contribution is -0.137. The molecule has 1 aromatic carbocycles. The van der Waals surface area contributed by atoms with Crippen molar-refractivity contribution in [2.75, 3.05) is 39.6 Å². The van der Waals surface area contributed by atoms with E-state index in [2.05, 4.69) is 5.32 Å². The Kier molecular flexibility index (Phi) is 7.18. The van der Waals surface area contributed by atoms with E-state index >= 15 is 0 Å². The maximum absolute atomic E-state index is 12.5. The van der Waals surface area contributed by atoms with Crippen molar-refractivity contribution in [1.29, 1.82) is 0 Å². The fraction of sp³-hybridized carbons (Fsp3) is 0.500. The molecule has 0 bridgehead atoms. The fourth-order valence-electron chi connectivity index (χ4n) is 1.84. The van der Waals surface area contributed by atoms with Crippen LogP contribution in [0.15, 0.2) is 24.3 Å². The third-order valence-corrected chi connectivity index (χ3v) is 4.44. The molecule has 136 valence electrons. The Labute approximate surface area is 138 Å². The van der Waals surface area contributed by atoms with Crippen LogP contribution in [0.4, 0.5) is 13.2 Å². The number of carbonyl (C=O) groups excluding carboxylic acids is 1. The Morgan fingerprint density at radius 2 is 1.79 bits per heavy atom. The summed E-state index contributed by atoms with van der Waals surface area (Å²) in [4.78, 5) is 11.9. The van der Waals surface area contributed by atoms with Gasteiger partial charge in [0.1, 0.15) is 0 Å². The molecule has 1 aromatic rings. The first-order valence-electron chi connectivity index (χ1n) is 6.95. The second-order valence-corrected chi connectivity index (χ2v) is 6.97. The molecule has 1 rings (SSSR count). The summed E-state index contributed by atoms with van der Waals surface area (Å²) in [6.45, 7) is 0.413. The number of ether oxygens (including phenoxy) is 1. The summed E-state index contributed by atoms with van der Waals surface area (Å²) in [5.41, 5.74) is -0.785. The van der Waals surface area contributed by atoms with Gasteiger partial charge in [-0.25, -0.2) is 8.42 Å². The van der Waals surface area contributed by atoms with Crippen molar-refractivity contribution >= 4 is 15.9 Å². The molecular formula is C14H19F3N2O4S. The van der Waals surface area contributed by atoms with Gasteiger partial charge in [-0.3, -0.25) is 4.79 Å². The van der Waals surface area contributed by atoms with Crippen LogP contribution in [-0.4, -0.2) is 58.2 Å². The first-order chi connectivity index (χ1) is 11.1. The maximum atomic E-state index is 12.5. The maximum Gasteiger partial charge on any atom is 0.416 e. The molecule has 0 unspecified atom stereocenters. The van der Waals surface area contributed by atoms with E-state index in [9.17, 15) is 26.4 Å². The molecule has 0 saturated heterocycles. The minimum absolute atomic E-state index is 0.0244. The third kappa shape index (κ3) is 6.46. The number of halogens is 3. The molecule has 10 heteroatoms. The zero-order valence-corrected chi connectivity index (χ0v) is 14.1. The van der Waals surface area contributed by atoms with Crippen LogP contribution in [0.2, 0.25) is 0 Å². The Balaban J connectivity index is 2.59. The fourth-order valence-corrected chi connectivity index (χ4v) is 2.67. The molecule has 0 aliphatic heterocycles. The molecule has 0 aliphatic carbocycles. The molecule has 0 radical (unpaired) electrons. The Morgan fingerprint density at radius 3 is 2.25 bits per heavy atom. The molecule has 0 fully saturated rings. The zero-order chi connectivity index (χ0) is 18.4. The quantitative estimate of drug-likeness (QED) is 0.751. The average Bonchev–Trinajstić information content (AvgIpc) is 2.48. The SMILES string of the molecule is COCCN(CCNC(=O)c1ccc(C(F)(F)F)cc1)S(C)(=O)=O. The number of sulfonamides is 1. The van der Waals surface area contributed by atoms with Crippen molar-refractivity contribution in [3.05, 3.63) is 35.4 Å². The van der Waals surface area contributed by atoms with Crippen LogP contribution in [0.25, 0.3) is 0 Å². The Hall–Kier alpha value is -1.65. The standard InChI is InChI=1S/C14H19F3N2O4S/c1-23-10-9-19(24(2,21)22)8-7-18-13(20)11-3-5-12(6-4-11)14(15,16)17/h3-6H,7-10H2,1-2H3,(H,18,20). The number of rotatable bonds is 8. The Morgan fingerprint density at radius 1 is 1.21 bits per heavy atom. The third-order valence-electron chi connectivity index (χ3n) is 3.14. The van der Waals surface area contributed by atoms with Gasteiger partial charge in [0.15, 0.2) is 0 Å². The van der Waals surface area contributed by atoms with Gasteiger partial charge in [-0.05, 0) is 24.3 Å². The second-order valence-electron chi connectivity index (χ2n) is 4.99. The highest BCUT2D eigenvalue weighted by atomic mass is 32.2. The predicted molar refractivity (Wildman–Crippen MR) is 82.1 cm³/mol. The lowest BCUT2D eigenvalue weighted by Gasteiger charge is -2.19. The number of nitrogens with one attached hydrogen (secondary N) is 1. The van der Waals surface area contributed by atoms with Gasteiger partial charge in [-0.15, -0.1) is 0 Å². The van der Waals surface area contributed by atoms with Crippen molar-refractivity contribution in [3.8, 4) is 0 Å². The van der Waals surface area contributed by atoms with Crippen molar-refractivity contribution in [2.45, 2.75) is 6.18 Å². The zero-order valence-electron chi connectivity index (χ0n) is 13.3. The molecule has 0 atom stereocenters. The lowest BCUT2D eigenvalue weighted by Crippen LogP contribution is -2.39. The minimum Gasteiger partial charge on any atom is -0.383 e. The largest absolute Gasteiger partial charge is 0.416 e. The normalized spacial score (nSPS) is 12.4. The average molecular weight is 368 g/mol. The van der Waals surface area contributed by atoms with Gasteiger partial charge in [0.25, 0.3) is 5.91 Å². The number of amides is 1. The van der Waals surface area contributed by atoms with Crippen LogP contribution in [0.3, 0.4) is 0 Å². The molecule has 24 heavy (non-hydrogen) atoms. The second kappa shape index (κ2) is 8.45. The Bertz CT molecular complexity index is 645. The highest BCUT2D eigenvalue weighted by Gasteiger charge is 2.30. The molecule has 1 N–H and O–H groups in total. The highest BCUT2D eigenvalue weighted by Crippen LogP contribution is 2.29. The first kappa shape index (κ1) is 20.4. The molecule has 0 spiro atoms. The topological polar surface area (TPSA) is 75.7 Å². The number of nitrogens with zero attached hydrogens (tertiary/aromatic N) is 1. The van der Waals surface area contributed by atoms with Crippen molar-refractivity contribution < 1.29 is 31.1 Å². The number of benzene rings is 1. The summed E-state index contributed by atoms with van der Waals surface area (Å²) < 4.78 is 66.4. The van der Waals surface area contributed by atoms with Gasteiger partial charge in [0.2, 0.25) is 10.0 Å². The molecular weight excluding hydrogens is 349 g/mol. The van der Waals surface area contributed by atoms with E-state index in [1.807, 2.05) is 0 Å². The van der Waals surface area contributed by atoms with E-state index < -0.39 is 27.7 Å². The molecule has 6 nitrogen and oxygen atoms in total. The first-order valence-corrected chi connectivity index (χ1v) is 8.80. The van der Waals surface area contributed by atoms with E-state index in [1.165, 1.54) is 7.11 Å². The summed E-state index contributed by atoms with van der Waals surface area (Å²) in [5.74, 6) is -0.580. The van der Waals surface area contributed by atoms with Gasteiger partial charge >= 0.3 is 6.18 Å². The van der Waals surface area contributed by atoms with Gasteiger partial charge in [0.05, 0.1) is 18.4 Å². The van der Waals surface area contributed by atoms with Gasteiger partial charge < -0.3 is 10.1 Å². The van der Waals surface area contributed by atoms with Gasteiger partial charge in [0, 0.05) is 32.3 Å². The van der Waals surface area contributed by atoms with Crippen LogP contribution in [-0.2, 0) is 20.9 Å². The van der Waals surface area contributed by atoms with Gasteiger partial charge in [-0.1, -0.05) is 0 Å². The van der Waals surface area contributed by atoms with E-state index in [4.69, 9.17) is 4.74 Å². The number of alkyl halides is 3. The molecule has 0 saturated carbocycles. The number of hydrogen-bond acceptors (Lipinski definition) is 4. The van der Waals surface area contributed by atoms with Crippen molar-refractivity contribution in [2.24, 2.45) is 0 Å². The summed E-state index contributed by atoms with van der Waals surface area (Å²) >= 11 is 0. The number of methoxy groups -OCH3 is 1. The monoisotopic (exact) mass is 368 g/mol. The van der Waals surface area contributed by atoms with Gasteiger partial charge in [-0.2, -0.15) is 17.5 Å². The van der Waals surface area contributed by atoms with Crippen LogP contribution in [0, 0.1) is 0 Å². The van der Waals surface area contributed by atoms with Crippen LogP contribution < -0.4 is 5.32 Å². The number of carbonyl (C=O) groups is 1. The summed E-state index contributed by atoms with van der Waals surface area (Å²) in [5, 5.41) is 2.47. The predicted octanol–water partition coefficient (Wildman–Crippen LogP) is 1.34. The lowest BCUT2D eigenvalue weighted by atomic mass is 10.1. The van der Waals surface area contributed by atoms with Crippen LogP contribution >= 0.6 is 0 Å². The molecule has 0 aromatic heterocycles. The van der Waals surface area contributed by atoms with Crippen LogP contribution in [0.5, 0.6) is 0 Å². The minimum atomic E-state index is -4.47. The summed E-state index contributed by atoms with van der Waals surface area (Å²) in [7, 11) is -2.01. The van der Waals surface area contributed by atoms with E-state index in [0.29, 0.717) is 0 Å². The smallest absolute Gasteiger partial charge is 0.383 e. The van der Waals surface area contributed by atoms with E-state index in [0.717, 1.165) is 34.8 Å². The molecule has 0 heterocycles. The molecule has 0 aliphatic rings. The van der Waals surface area contributed by atoms with Crippen LogP contribution in [0.1, 0.15) is 15.9 Å².